The lowest BCUT2D eigenvalue weighted by molar-refractivity contribution is 0.435. The van der Waals surface area contributed by atoms with Crippen molar-refractivity contribution in [3.05, 3.63) is 29.3 Å². The Hall–Kier alpha value is -1.36. The van der Waals surface area contributed by atoms with Gasteiger partial charge in [0.2, 0.25) is 0 Å². The Labute approximate surface area is 113 Å². The topological polar surface area (TPSA) is 55.7 Å². The molecule has 1 aromatic rings. The molecule has 4 nitrogen and oxygen atoms in total. The minimum absolute atomic E-state index is 0.243. The van der Waals surface area contributed by atoms with Crippen LogP contribution in [0.2, 0.25) is 0 Å². The van der Waals surface area contributed by atoms with Crippen LogP contribution in [0.1, 0.15) is 43.2 Å². The second-order valence-electron chi connectivity index (χ2n) is 5.32. The van der Waals surface area contributed by atoms with Crippen LogP contribution in [0, 0.1) is 12.8 Å². The molecule has 0 bridgehead atoms. The minimum Gasteiger partial charge on any atom is -0.365 e. The fraction of sp³-hybridized carbons (Fsp3) is 0.500. The minimum atomic E-state index is -3.82. The van der Waals surface area contributed by atoms with Gasteiger partial charge in [0.25, 0.3) is 0 Å². The molecular formula is C14H17NO3S. The zero-order valence-electron chi connectivity index (χ0n) is 10.9. The number of aryl methyl sites for hydroxylation is 1. The second kappa shape index (κ2) is 4.63. The summed E-state index contributed by atoms with van der Waals surface area (Å²) < 4.78 is 32.4. The van der Waals surface area contributed by atoms with Crippen LogP contribution in [0.3, 0.4) is 0 Å². The van der Waals surface area contributed by atoms with Crippen molar-refractivity contribution in [3.8, 4) is 5.75 Å². The monoisotopic (exact) mass is 279 g/mol. The van der Waals surface area contributed by atoms with Gasteiger partial charge < -0.3 is 4.18 Å². The molecule has 0 amide bonds. The first kappa shape index (κ1) is 12.7. The Balaban J connectivity index is 2.09. The fourth-order valence-corrected chi connectivity index (χ4v) is 3.79. The Morgan fingerprint density at radius 1 is 1.21 bits per heavy atom. The van der Waals surface area contributed by atoms with Crippen molar-refractivity contribution in [1.29, 1.82) is 0 Å². The molecule has 1 saturated carbocycles. The highest BCUT2D eigenvalue weighted by Gasteiger charge is 2.30. The zero-order valence-corrected chi connectivity index (χ0v) is 11.7. The molecule has 1 fully saturated rings. The summed E-state index contributed by atoms with van der Waals surface area (Å²) in [4.78, 5) is 0. The van der Waals surface area contributed by atoms with E-state index in [1.165, 1.54) is 6.42 Å². The van der Waals surface area contributed by atoms with Gasteiger partial charge in [-0.15, -0.1) is 4.40 Å². The van der Waals surface area contributed by atoms with Crippen LogP contribution in [0.5, 0.6) is 5.75 Å². The van der Waals surface area contributed by atoms with E-state index < -0.39 is 10.3 Å². The zero-order chi connectivity index (χ0) is 13.5. The van der Waals surface area contributed by atoms with E-state index >= 15 is 0 Å². The summed E-state index contributed by atoms with van der Waals surface area (Å²) in [7, 11) is -3.82. The lowest BCUT2D eigenvalue weighted by atomic mass is 9.83. The van der Waals surface area contributed by atoms with E-state index in [9.17, 15) is 8.42 Å². The third-order valence-electron chi connectivity index (χ3n) is 3.81. The van der Waals surface area contributed by atoms with Crippen molar-refractivity contribution in [2.45, 2.75) is 39.0 Å². The van der Waals surface area contributed by atoms with Crippen molar-refractivity contribution in [1.82, 2.24) is 0 Å². The van der Waals surface area contributed by atoms with Gasteiger partial charge in [-0.25, -0.2) is 0 Å². The first-order valence-corrected chi connectivity index (χ1v) is 8.07. The van der Waals surface area contributed by atoms with E-state index in [4.69, 9.17) is 4.18 Å². The molecule has 0 saturated heterocycles. The first-order chi connectivity index (χ1) is 9.05. The fourth-order valence-electron chi connectivity index (χ4n) is 2.89. The number of hydrogen-bond donors (Lipinski definition) is 0. The smallest absolute Gasteiger partial charge is 0.365 e. The molecule has 3 rings (SSSR count). The maximum atomic E-state index is 11.7. The van der Waals surface area contributed by atoms with Crippen LogP contribution in [-0.2, 0) is 10.3 Å². The van der Waals surface area contributed by atoms with E-state index in [0.717, 1.165) is 36.8 Å². The maximum absolute atomic E-state index is 11.7. The number of benzene rings is 1. The molecule has 0 aromatic heterocycles. The molecule has 0 spiro atoms. The van der Waals surface area contributed by atoms with Gasteiger partial charge in [0.1, 0.15) is 0 Å². The van der Waals surface area contributed by atoms with Crippen molar-refractivity contribution in [3.63, 3.8) is 0 Å². The maximum Gasteiger partial charge on any atom is 0.428 e. The highest BCUT2D eigenvalue weighted by atomic mass is 32.2. The van der Waals surface area contributed by atoms with Gasteiger partial charge in [0, 0.05) is 11.5 Å². The third-order valence-corrected chi connectivity index (χ3v) is 4.62. The molecule has 0 atom stereocenters. The quantitative estimate of drug-likeness (QED) is 0.794. The first-order valence-electron chi connectivity index (χ1n) is 6.70. The highest BCUT2D eigenvalue weighted by Crippen LogP contribution is 2.35. The molecule has 1 aliphatic heterocycles. The molecule has 0 N–H and O–H groups in total. The summed E-state index contributed by atoms with van der Waals surface area (Å²) in [6.45, 7) is 1.99. The molecule has 102 valence electrons. The number of nitrogens with zero attached hydrogens (tertiary/aromatic N) is 1. The average molecular weight is 279 g/mol. The van der Waals surface area contributed by atoms with Gasteiger partial charge >= 0.3 is 10.3 Å². The Kier molecular flexibility index (Phi) is 3.09. The molecule has 5 heteroatoms. The molecule has 1 heterocycles. The van der Waals surface area contributed by atoms with Crippen molar-refractivity contribution < 1.29 is 12.6 Å². The van der Waals surface area contributed by atoms with E-state index in [1.807, 2.05) is 19.1 Å². The summed E-state index contributed by atoms with van der Waals surface area (Å²) in [5.41, 5.74) is 2.64. The van der Waals surface area contributed by atoms with Crippen LogP contribution in [0.4, 0.5) is 0 Å². The SMILES string of the molecule is Cc1ccc2c(c1)C(C1CCCCC1)=NS(=O)(=O)O2. The Morgan fingerprint density at radius 2 is 1.95 bits per heavy atom. The molecule has 0 unspecified atom stereocenters. The molecule has 1 aliphatic carbocycles. The Morgan fingerprint density at radius 3 is 2.68 bits per heavy atom. The lowest BCUT2D eigenvalue weighted by Crippen LogP contribution is -2.26. The van der Waals surface area contributed by atoms with Gasteiger partial charge in [0.15, 0.2) is 5.75 Å². The van der Waals surface area contributed by atoms with Gasteiger partial charge in [-0.3, -0.25) is 0 Å². The summed E-state index contributed by atoms with van der Waals surface area (Å²) >= 11 is 0. The molecule has 1 aromatic carbocycles. The molecule has 19 heavy (non-hydrogen) atoms. The van der Waals surface area contributed by atoms with Crippen molar-refractivity contribution in [2.24, 2.45) is 10.3 Å². The van der Waals surface area contributed by atoms with Crippen molar-refractivity contribution in [2.75, 3.05) is 0 Å². The van der Waals surface area contributed by atoms with E-state index in [-0.39, 0.29) is 5.92 Å². The van der Waals surface area contributed by atoms with Crippen LogP contribution in [-0.4, -0.2) is 14.1 Å². The average Bonchev–Trinajstić information content (AvgIpc) is 2.39. The van der Waals surface area contributed by atoms with Gasteiger partial charge in [0.05, 0.1) is 5.71 Å². The van der Waals surface area contributed by atoms with E-state index in [2.05, 4.69) is 4.40 Å². The van der Waals surface area contributed by atoms with Gasteiger partial charge in [-0.05, 0) is 31.9 Å². The summed E-state index contributed by atoms with van der Waals surface area (Å²) in [5, 5.41) is 0. The summed E-state index contributed by atoms with van der Waals surface area (Å²) in [6.07, 6.45) is 5.55. The summed E-state index contributed by atoms with van der Waals surface area (Å²) in [6, 6.07) is 5.55. The van der Waals surface area contributed by atoms with Gasteiger partial charge in [-0.1, -0.05) is 30.9 Å². The number of hydrogen-bond acceptors (Lipinski definition) is 3. The van der Waals surface area contributed by atoms with Crippen LogP contribution in [0.25, 0.3) is 0 Å². The molecule has 0 radical (unpaired) electrons. The second-order valence-corrected chi connectivity index (χ2v) is 6.53. The van der Waals surface area contributed by atoms with Crippen LogP contribution >= 0.6 is 0 Å². The molecule has 2 aliphatic rings. The van der Waals surface area contributed by atoms with Gasteiger partial charge in [-0.2, -0.15) is 8.42 Å². The summed E-state index contributed by atoms with van der Waals surface area (Å²) in [5.74, 6) is 0.661. The van der Waals surface area contributed by atoms with Crippen LogP contribution < -0.4 is 4.18 Å². The van der Waals surface area contributed by atoms with Crippen LogP contribution in [0.15, 0.2) is 22.6 Å². The Bertz CT molecular complexity index is 628. The van der Waals surface area contributed by atoms with Crippen molar-refractivity contribution >= 4 is 16.0 Å². The lowest BCUT2D eigenvalue weighted by Gasteiger charge is -2.26. The molecular weight excluding hydrogens is 262 g/mol. The largest absolute Gasteiger partial charge is 0.428 e. The standard InChI is InChI=1S/C14H17NO3S/c1-10-7-8-13-12(9-10)14(15-19(16,17)18-13)11-5-3-2-4-6-11/h7-9,11H,2-6H2,1H3. The van der Waals surface area contributed by atoms with E-state index in [0.29, 0.717) is 11.5 Å². The number of fused-ring (bicyclic) bond motifs is 1. The normalized spacial score (nSPS) is 22.3. The predicted octanol–water partition coefficient (Wildman–Crippen LogP) is 3.00. The highest BCUT2D eigenvalue weighted by molar-refractivity contribution is 7.86. The van der Waals surface area contributed by atoms with E-state index in [1.54, 1.807) is 6.07 Å². The number of rotatable bonds is 1. The third kappa shape index (κ3) is 2.52. The predicted molar refractivity (Wildman–Crippen MR) is 73.8 cm³/mol.